The Hall–Kier alpha value is -4.94. The Morgan fingerprint density at radius 3 is 2.62 bits per heavy atom. The molecule has 5 heterocycles. The molecule has 0 atom stereocenters. The molecule has 45 heavy (non-hydrogen) atoms. The van der Waals surface area contributed by atoms with Gasteiger partial charge in [0.05, 0.1) is 25.3 Å². The number of ether oxygens (including phenoxy) is 1. The number of carbonyl (C=O) groups excluding carboxylic acids is 2. The summed E-state index contributed by atoms with van der Waals surface area (Å²) in [6.45, 7) is 12.9. The number of aryl methyl sites for hydroxylation is 2. The summed E-state index contributed by atoms with van der Waals surface area (Å²) in [5.41, 5.74) is 11.0. The molecule has 13 heteroatoms. The molecule has 13 nitrogen and oxygen atoms in total. The van der Waals surface area contributed by atoms with Crippen LogP contribution in [0.15, 0.2) is 42.9 Å². The first-order valence-corrected chi connectivity index (χ1v) is 15.5. The fraction of sp³-hybridized carbons (Fsp3) is 0.438. The van der Waals surface area contributed by atoms with Gasteiger partial charge in [-0.1, -0.05) is 0 Å². The highest BCUT2D eigenvalue weighted by atomic mass is 16.6. The lowest BCUT2D eigenvalue weighted by Gasteiger charge is -2.33. The number of carbonyl (C=O) groups is 2. The lowest BCUT2D eigenvalue weighted by molar-refractivity contribution is -0.676. The summed E-state index contributed by atoms with van der Waals surface area (Å²) in [5, 5.41) is 7.72. The van der Waals surface area contributed by atoms with E-state index in [9.17, 15) is 9.59 Å². The Labute approximate surface area is 261 Å². The number of nitrogen functional groups attached to an aromatic ring is 1. The molecule has 1 saturated heterocycles. The first-order chi connectivity index (χ1) is 21.6. The van der Waals surface area contributed by atoms with Crippen molar-refractivity contribution >= 4 is 40.0 Å². The van der Waals surface area contributed by atoms with Crippen LogP contribution in [-0.2, 0) is 24.4 Å². The number of aromatic amines is 1. The van der Waals surface area contributed by atoms with Crippen molar-refractivity contribution in [1.82, 2.24) is 39.5 Å². The van der Waals surface area contributed by atoms with E-state index in [1.807, 2.05) is 31.6 Å². The largest absolute Gasteiger partial charge is 0.444 e. The van der Waals surface area contributed by atoms with Gasteiger partial charge in [0.25, 0.3) is 11.7 Å². The molecule has 0 spiro atoms. The molecule has 236 valence electrons. The number of benzene rings is 1. The second-order valence-electron chi connectivity index (χ2n) is 12.4. The van der Waals surface area contributed by atoms with Crippen LogP contribution in [0, 0.1) is 0 Å². The average molecular weight is 614 g/mol. The third-order valence-corrected chi connectivity index (χ3v) is 8.27. The van der Waals surface area contributed by atoms with E-state index in [1.54, 1.807) is 17.2 Å². The maximum atomic E-state index is 13.1. The van der Waals surface area contributed by atoms with Gasteiger partial charge < -0.3 is 25.7 Å². The number of likely N-dealkylation sites (tertiary alicyclic amines) is 1. The first kappa shape index (κ1) is 30.1. The van der Waals surface area contributed by atoms with Crippen LogP contribution >= 0.6 is 0 Å². The van der Waals surface area contributed by atoms with Gasteiger partial charge in [-0.2, -0.15) is 5.10 Å². The predicted octanol–water partition coefficient (Wildman–Crippen LogP) is 4.19. The fourth-order valence-electron chi connectivity index (χ4n) is 6.09. The maximum Gasteiger partial charge on any atom is 0.410 e. The summed E-state index contributed by atoms with van der Waals surface area (Å²) in [6, 6.07) is 8.41. The minimum absolute atomic E-state index is 0.0839. The molecule has 1 aliphatic rings. The van der Waals surface area contributed by atoms with Crippen molar-refractivity contribution in [2.24, 2.45) is 0 Å². The van der Waals surface area contributed by atoms with E-state index in [0.717, 1.165) is 53.9 Å². The standard InChI is InChI=1S/C32H40N10O3/c1-6-40-24-9-8-20(21-17-36-42(19-21)22-11-14-39(15-12-22)31(44)45-32(3,4)5)16-25(24)41(7-2)26(40)18-35-30(43)27-28(33)38-29-23(37-27)10-13-34-29/h8-10,13,16-17,19,22H,6-7,11-12,14-15,18H2,1-5H3,(H3-,33,34,35,37,38,43)/p+1. The molecule has 6 rings (SSSR count). The van der Waals surface area contributed by atoms with Gasteiger partial charge in [-0.3, -0.25) is 9.48 Å². The van der Waals surface area contributed by atoms with E-state index in [-0.39, 0.29) is 29.6 Å². The van der Waals surface area contributed by atoms with Crippen molar-refractivity contribution in [1.29, 1.82) is 0 Å². The Morgan fingerprint density at radius 2 is 1.91 bits per heavy atom. The number of imidazole rings is 1. The van der Waals surface area contributed by atoms with Crippen LogP contribution in [0.25, 0.3) is 33.3 Å². The highest BCUT2D eigenvalue weighted by Gasteiger charge is 2.29. The Kier molecular flexibility index (Phi) is 7.94. The molecule has 4 aromatic heterocycles. The SMILES string of the molecule is CCn1c(CNC(=O)c2nc3cc[nH]c3nc2N)[n+](CC)c2ccc(-c3cnn(C4CCN(C(=O)OC(C)(C)C)CC4)c3)cc21. The van der Waals surface area contributed by atoms with Crippen molar-refractivity contribution in [2.75, 3.05) is 18.8 Å². The molecule has 1 fully saturated rings. The summed E-state index contributed by atoms with van der Waals surface area (Å²) >= 11 is 0. The van der Waals surface area contributed by atoms with Gasteiger partial charge in [-0.25, -0.2) is 23.9 Å². The zero-order chi connectivity index (χ0) is 31.9. The van der Waals surface area contributed by atoms with Crippen LogP contribution in [0.3, 0.4) is 0 Å². The number of hydrogen-bond acceptors (Lipinski definition) is 7. The summed E-state index contributed by atoms with van der Waals surface area (Å²) in [5.74, 6) is 0.687. The summed E-state index contributed by atoms with van der Waals surface area (Å²) < 4.78 is 12.0. The van der Waals surface area contributed by atoms with Gasteiger partial charge in [-0.15, -0.1) is 0 Å². The van der Waals surface area contributed by atoms with Crippen LogP contribution < -0.4 is 15.6 Å². The third kappa shape index (κ3) is 5.94. The number of piperidine rings is 1. The van der Waals surface area contributed by atoms with E-state index in [1.165, 1.54) is 0 Å². The molecular weight excluding hydrogens is 572 g/mol. The van der Waals surface area contributed by atoms with Crippen LogP contribution in [0.5, 0.6) is 0 Å². The smallest absolute Gasteiger partial charge is 0.410 e. The third-order valence-electron chi connectivity index (χ3n) is 8.27. The number of aromatic nitrogens is 7. The molecule has 0 bridgehead atoms. The second kappa shape index (κ2) is 11.9. The minimum atomic E-state index is -0.503. The van der Waals surface area contributed by atoms with Crippen LogP contribution in [0.4, 0.5) is 10.6 Å². The fourth-order valence-corrected chi connectivity index (χ4v) is 6.09. The predicted molar refractivity (Wildman–Crippen MR) is 170 cm³/mol. The zero-order valence-electron chi connectivity index (χ0n) is 26.5. The van der Waals surface area contributed by atoms with Crippen molar-refractivity contribution in [2.45, 2.75) is 78.7 Å². The number of H-pyrrole nitrogens is 1. The molecule has 1 aliphatic heterocycles. The van der Waals surface area contributed by atoms with Gasteiger partial charge in [0.15, 0.2) is 28.2 Å². The molecule has 5 aromatic rings. The molecule has 1 aromatic carbocycles. The van der Waals surface area contributed by atoms with Crippen molar-refractivity contribution in [3.05, 3.63) is 54.4 Å². The molecule has 0 radical (unpaired) electrons. The van der Waals surface area contributed by atoms with Gasteiger partial charge in [0.2, 0.25) is 0 Å². The number of nitrogens with zero attached hydrogens (tertiary/aromatic N) is 7. The molecule has 0 unspecified atom stereocenters. The maximum absolute atomic E-state index is 13.1. The van der Waals surface area contributed by atoms with Crippen LogP contribution in [0.1, 0.15) is 69.8 Å². The van der Waals surface area contributed by atoms with Gasteiger partial charge in [0, 0.05) is 31.0 Å². The number of hydrogen-bond donors (Lipinski definition) is 3. The Balaban J connectivity index is 1.20. The lowest BCUT2D eigenvalue weighted by Crippen LogP contribution is -2.42. The summed E-state index contributed by atoms with van der Waals surface area (Å²) in [7, 11) is 0. The zero-order valence-corrected chi connectivity index (χ0v) is 26.5. The average Bonchev–Trinajstić information content (AvgIpc) is 3.75. The van der Waals surface area contributed by atoms with E-state index in [0.29, 0.717) is 30.8 Å². The van der Waals surface area contributed by atoms with Crippen molar-refractivity contribution in [3.8, 4) is 11.1 Å². The van der Waals surface area contributed by atoms with Gasteiger partial charge >= 0.3 is 6.09 Å². The van der Waals surface area contributed by atoms with E-state index < -0.39 is 5.60 Å². The highest BCUT2D eigenvalue weighted by Crippen LogP contribution is 2.28. The molecule has 2 amide bonds. The molecule has 4 N–H and O–H groups in total. The monoisotopic (exact) mass is 613 g/mol. The highest BCUT2D eigenvalue weighted by molar-refractivity contribution is 5.98. The van der Waals surface area contributed by atoms with Crippen LogP contribution in [-0.4, -0.2) is 64.9 Å². The number of nitrogens with one attached hydrogen (secondary N) is 2. The summed E-state index contributed by atoms with van der Waals surface area (Å²) in [4.78, 5) is 39.0. The van der Waals surface area contributed by atoms with Gasteiger partial charge in [-0.05, 0) is 77.3 Å². The normalized spacial score (nSPS) is 14.4. The first-order valence-electron chi connectivity index (χ1n) is 15.5. The van der Waals surface area contributed by atoms with E-state index in [4.69, 9.17) is 15.6 Å². The number of amides is 2. The lowest BCUT2D eigenvalue weighted by atomic mass is 10.1. The second-order valence-corrected chi connectivity index (χ2v) is 12.4. The topological polar surface area (TPSA) is 153 Å². The van der Waals surface area contributed by atoms with Crippen molar-refractivity contribution in [3.63, 3.8) is 0 Å². The number of rotatable bonds is 7. The Morgan fingerprint density at radius 1 is 1.13 bits per heavy atom. The minimum Gasteiger partial charge on any atom is -0.444 e. The number of nitrogens with two attached hydrogens (primary N) is 1. The van der Waals surface area contributed by atoms with E-state index >= 15 is 0 Å². The number of fused-ring (bicyclic) bond motifs is 2. The molecule has 0 saturated carbocycles. The molecular formula is C32H41N10O3+. The quantitative estimate of drug-likeness (QED) is 0.233. The molecule has 0 aliphatic carbocycles. The summed E-state index contributed by atoms with van der Waals surface area (Å²) in [6.07, 6.45) is 7.10. The number of anilines is 1. The van der Waals surface area contributed by atoms with Crippen molar-refractivity contribution < 1.29 is 18.9 Å². The van der Waals surface area contributed by atoms with Crippen LogP contribution in [0.2, 0.25) is 0 Å². The Bertz CT molecular complexity index is 1870. The van der Waals surface area contributed by atoms with Gasteiger partial charge in [0.1, 0.15) is 17.7 Å². The van der Waals surface area contributed by atoms with E-state index in [2.05, 4.69) is 67.6 Å².